The predicted octanol–water partition coefficient (Wildman–Crippen LogP) is 6.14. The maximum absolute atomic E-state index is 13.2. The zero-order chi connectivity index (χ0) is 46.0. The Morgan fingerprint density at radius 2 is 1.64 bits per heavy atom. The monoisotopic (exact) mass is 895 g/mol. The summed E-state index contributed by atoms with van der Waals surface area (Å²) in [6, 6.07) is 34.8. The molecule has 0 aliphatic carbocycles. The number of aliphatic hydroxyl groups excluding tert-OH is 1. The first-order valence-electron chi connectivity index (χ1n) is 22.0. The highest BCUT2D eigenvalue weighted by molar-refractivity contribution is 5.95. The number of fused-ring (bicyclic) bond motifs is 4. The number of pyridine rings is 1. The molecular formula is C51H53N5O10. The largest absolute Gasteiger partial charge is 0.506 e. The van der Waals surface area contributed by atoms with Crippen molar-refractivity contribution in [3.8, 4) is 17.2 Å². The quantitative estimate of drug-likeness (QED) is 0.0426. The van der Waals surface area contributed by atoms with Crippen molar-refractivity contribution in [2.75, 3.05) is 46.4 Å². The van der Waals surface area contributed by atoms with E-state index in [1.54, 1.807) is 54.6 Å². The van der Waals surface area contributed by atoms with E-state index >= 15 is 0 Å². The van der Waals surface area contributed by atoms with Crippen molar-refractivity contribution in [1.29, 1.82) is 0 Å². The van der Waals surface area contributed by atoms with E-state index in [9.17, 15) is 29.4 Å². The number of piperidine rings is 3. The zero-order valence-electron chi connectivity index (χ0n) is 36.5. The van der Waals surface area contributed by atoms with Crippen LogP contribution in [-0.2, 0) is 22.6 Å². The number of carbonyl (C=O) groups is 3. The molecule has 0 spiro atoms. The number of benzene rings is 5. The number of carbonyl (C=O) groups excluding carboxylic acids is 3. The van der Waals surface area contributed by atoms with Gasteiger partial charge in [0.1, 0.15) is 36.6 Å². The van der Waals surface area contributed by atoms with Crippen LogP contribution in [0.3, 0.4) is 0 Å². The van der Waals surface area contributed by atoms with Crippen LogP contribution in [0.1, 0.15) is 73.5 Å². The number of aromatic amines is 1. The number of phenols is 1. The minimum atomic E-state index is -0.942. The van der Waals surface area contributed by atoms with Gasteiger partial charge in [-0.3, -0.25) is 14.5 Å². The van der Waals surface area contributed by atoms with Crippen LogP contribution in [0, 0.1) is 5.92 Å². The summed E-state index contributed by atoms with van der Waals surface area (Å²) in [4.78, 5) is 55.8. The Morgan fingerprint density at radius 3 is 2.39 bits per heavy atom. The summed E-state index contributed by atoms with van der Waals surface area (Å²) in [7, 11) is 1.50. The van der Waals surface area contributed by atoms with Crippen LogP contribution in [0.25, 0.3) is 10.9 Å². The first-order chi connectivity index (χ1) is 32.1. The second-order valence-electron chi connectivity index (χ2n) is 16.5. The molecule has 2 unspecified atom stereocenters. The molecule has 66 heavy (non-hydrogen) atoms. The van der Waals surface area contributed by atoms with Gasteiger partial charge in [0.25, 0.3) is 5.91 Å². The third-order valence-electron chi connectivity index (χ3n) is 12.1. The van der Waals surface area contributed by atoms with E-state index in [0.29, 0.717) is 46.0 Å². The van der Waals surface area contributed by atoms with Gasteiger partial charge >= 0.3 is 12.1 Å². The Labute approximate surface area is 381 Å². The molecule has 0 radical (unpaired) electrons. The molecule has 2 bridgehead atoms. The van der Waals surface area contributed by atoms with Crippen LogP contribution in [0.4, 0.5) is 4.79 Å². The van der Waals surface area contributed by atoms with Gasteiger partial charge in [0.15, 0.2) is 0 Å². The first kappa shape index (κ1) is 45.4. The maximum Gasteiger partial charge on any atom is 0.408 e. The molecule has 2 amide bonds. The molecule has 3 saturated heterocycles. The molecule has 5 aromatic carbocycles. The van der Waals surface area contributed by atoms with E-state index in [0.717, 1.165) is 54.7 Å². The predicted molar refractivity (Wildman–Crippen MR) is 247 cm³/mol. The molecule has 342 valence electrons. The highest BCUT2D eigenvalue weighted by Gasteiger charge is 2.37. The van der Waals surface area contributed by atoms with Crippen LogP contribution >= 0.6 is 0 Å². The average Bonchev–Trinajstić information content (AvgIpc) is 3.35. The molecule has 15 heteroatoms. The number of methoxy groups -OCH3 is 1. The number of amides is 2. The number of hydrogen-bond donors (Lipinski definition) is 6. The van der Waals surface area contributed by atoms with Crippen LogP contribution in [0.2, 0.25) is 0 Å². The second kappa shape index (κ2) is 21.2. The second-order valence-corrected chi connectivity index (χ2v) is 16.5. The van der Waals surface area contributed by atoms with Crippen LogP contribution in [0.15, 0.2) is 126 Å². The summed E-state index contributed by atoms with van der Waals surface area (Å²) in [6.45, 7) is 3.67. The summed E-state index contributed by atoms with van der Waals surface area (Å²) in [5.41, 5.74) is 4.48. The van der Waals surface area contributed by atoms with Gasteiger partial charge in [0.2, 0.25) is 5.56 Å². The number of ether oxygens (including phenoxy) is 4. The van der Waals surface area contributed by atoms with Gasteiger partial charge in [-0.25, -0.2) is 9.59 Å². The summed E-state index contributed by atoms with van der Waals surface area (Å²) < 4.78 is 23.1. The van der Waals surface area contributed by atoms with Gasteiger partial charge in [-0.2, -0.15) is 0 Å². The summed E-state index contributed by atoms with van der Waals surface area (Å²) in [5, 5.41) is 30.6. The molecular weight excluding hydrogens is 843 g/mol. The first-order valence-corrected chi connectivity index (χ1v) is 22.0. The fourth-order valence-electron chi connectivity index (χ4n) is 8.55. The highest BCUT2D eigenvalue weighted by atomic mass is 16.6. The van der Waals surface area contributed by atoms with Crippen molar-refractivity contribution < 1.29 is 43.5 Å². The fourth-order valence-corrected chi connectivity index (χ4v) is 8.55. The minimum absolute atomic E-state index is 0.0457. The lowest BCUT2D eigenvalue weighted by atomic mass is 9.86. The van der Waals surface area contributed by atoms with E-state index < -0.39 is 24.2 Å². The number of nitrogens with zero attached hydrogens (tertiary/aromatic N) is 1. The molecule has 0 saturated carbocycles. The zero-order valence-corrected chi connectivity index (χ0v) is 36.5. The van der Waals surface area contributed by atoms with Crippen LogP contribution < -0.4 is 31.0 Å². The van der Waals surface area contributed by atoms with Crippen molar-refractivity contribution in [2.24, 2.45) is 5.92 Å². The van der Waals surface area contributed by atoms with Gasteiger partial charge in [0, 0.05) is 42.2 Å². The van der Waals surface area contributed by atoms with Crippen molar-refractivity contribution in [1.82, 2.24) is 25.8 Å². The van der Waals surface area contributed by atoms with Crippen molar-refractivity contribution >= 4 is 28.9 Å². The fraction of sp³-hybridized carbons (Fsp3) is 0.294. The number of H-pyrrole nitrogens is 1. The van der Waals surface area contributed by atoms with Crippen molar-refractivity contribution in [2.45, 2.75) is 44.2 Å². The topological polar surface area (TPSA) is 201 Å². The molecule has 6 N–H and O–H groups in total. The number of phenolic OH excluding ortho intramolecular Hbond substituents is 1. The number of aliphatic hydroxyl groups is 1. The third kappa shape index (κ3) is 11.2. The Morgan fingerprint density at radius 1 is 0.864 bits per heavy atom. The minimum Gasteiger partial charge on any atom is -0.506 e. The van der Waals surface area contributed by atoms with E-state index in [4.69, 9.17) is 18.9 Å². The van der Waals surface area contributed by atoms with Gasteiger partial charge in [-0.15, -0.1) is 0 Å². The van der Waals surface area contributed by atoms with E-state index in [2.05, 4.69) is 25.8 Å². The highest BCUT2D eigenvalue weighted by Crippen LogP contribution is 2.32. The molecule has 3 aliphatic heterocycles. The Bertz CT molecular complexity index is 2700. The number of alkyl carbamates (subject to hydrolysis) is 1. The smallest absolute Gasteiger partial charge is 0.408 e. The molecule has 4 heterocycles. The van der Waals surface area contributed by atoms with Gasteiger partial charge in [0.05, 0.1) is 36.9 Å². The standard InChI is InChI=1S/C51H53N5O10/c1-63-44-27-37(14-15-38(44)28-52-29-43(58)40-16-18-42(57)48-41(40)17-19-46(59)54-48)49(60)53-22-25-64-50(61)35-12-10-32(11-13-35)31-65-39-9-5-8-36(26-39)47(34-6-3-2-4-7-34)55-51(62)66-45-30-56-23-20-33(45)21-24-56/h2-19,26-27,33,43,45,47,52,57-58H,20-25,28-31H2,1H3,(H,53,60)(H,54,59)(H,55,62)/t43?,45?,47-/m0/s1. The summed E-state index contributed by atoms with van der Waals surface area (Å²) in [5.74, 6) is 0.491. The molecule has 9 rings (SSSR count). The molecule has 1 aromatic heterocycles. The van der Waals surface area contributed by atoms with Gasteiger partial charge < -0.3 is 50.1 Å². The van der Waals surface area contributed by atoms with E-state index in [1.807, 2.05) is 54.6 Å². The van der Waals surface area contributed by atoms with E-state index in [1.165, 1.54) is 19.2 Å². The Hall–Kier alpha value is -7.20. The maximum atomic E-state index is 13.2. The third-order valence-corrected chi connectivity index (χ3v) is 12.1. The van der Waals surface area contributed by atoms with Crippen molar-refractivity contribution in [3.05, 3.63) is 171 Å². The Balaban J connectivity index is 0.777. The number of hydrogen-bond acceptors (Lipinski definition) is 12. The molecule has 15 nitrogen and oxygen atoms in total. The number of nitrogens with one attached hydrogen (secondary N) is 4. The summed E-state index contributed by atoms with van der Waals surface area (Å²) >= 11 is 0. The molecule has 3 aliphatic rings. The number of rotatable bonds is 18. The molecule has 6 aromatic rings. The number of esters is 1. The SMILES string of the molecule is COc1cc(C(=O)NCCOC(=O)c2ccc(COc3cccc([C@@H](NC(=O)OC4CN5CCC4CC5)c4ccccc4)c3)cc2)ccc1CNCC(O)c1ccc(O)c2[nH]c(=O)ccc12. The number of aromatic nitrogens is 1. The molecule has 3 fully saturated rings. The van der Waals surface area contributed by atoms with Gasteiger partial charge in [-0.05, 0) is 103 Å². The van der Waals surface area contributed by atoms with Crippen LogP contribution in [0.5, 0.6) is 17.2 Å². The summed E-state index contributed by atoms with van der Waals surface area (Å²) in [6.07, 6.45) is 0.618. The lowest BCUT2D eigenvalue weighted by molar-refractivity contribution is -0.0336. The Kier molecular flexibility index (Phi) is 14.6. The molecule has 3 atom stereocenters. The van der Waals surface area contributed by atoms with E-state index in [-0.39, 0.29) is 55.1 Å². The average molecular weight is 896 g/mol. The lowest BCUT2D eigenvalue weighted by Gasteiger charge is -2.43. The normalized spacial score (nSPS) is 17.3. The van der Waals surface area contributed by atoms with Crippen LogP contribution in [-0.4, -0.2) is 90.6 Å². The van der Waals surface area contributed by atoms with Gasteiger partial charge in [-0.1, -0.05) is 66.7 Å². The number of aromatic hydroxyl groups is 1. The van der Waals surface area contributed by atoms with Crippen molar-refractivity contribution in [3.63, 3.8) is 0 Å². The lowest BCUT2D eigenvalue weighted by Crippen LogP contribution is -2.52.